The van der Waals surface area contributed by atoms with Crippen molar-refractivity contribution in [3.05, 3.63) is 29.8 Å². The molecule has 1 fully saturated rings. The van der Waals surface area contributed by atoms with Crippen molar-refractivity contribution in [2.45, 2.75) is 57.3 Å². The summed E-state index contributed by atoms with van der Waals surface area (Å²) in [6.07, 6.45) is 6.42. The highest BCUT2D eigenvalue weighted by molar-refractivity contribution is 7.99. The van der Waals surface area contributed by atoms with E-state index >= 15 is 0 Å². The van der Waals surface area contributed by atoms with Gasteiger partial charge in [-0.1, -0.05) is 26.0 Å². The largest absolute Gasteiger partial charge is 0.343 e. The zero-order valence-electron chi connectivity index (χ0n) is 14.0. The van der Waals surface area contributed by atoms with E-state index in [1.165, 1.54) is 29.1 Å². The average molecular weight is 320 g/mol. The van der Waals surface area contributed by atoms with E-state index in [4.69, 9.17) is 0 Å². The number of hydrogen-bond acceptors (Lipinski definition) is 2. The topological polar surface area (TPSA) is 20.3 Å². The summed E-state index contributed by atoms with van der Waals surface area (Å²) >= 11 is 1.95. The monoisotopic (exact) mass is 319 g/mol. The minimum Gasteiger partial charge on any atom is -0.343 e. The first-order chi connectivity index (χ1) is 10.6. The number of nitrogens with zero attached hydrogens (tertiary/aromatic N) is 1. The molecule has 122 valence electrons. The average Bonchev–Trinajstić information content (AvgIpc) is 2.50. The van der Waals surface area contributed by atoms with Gasteiger partial charge in [0.1, 0.15) is 0 Å². The van der Waals surface area contributed by atoms with Crippen LogP contribution < -0.4 is 0 Å². The second kappa shape index (κ2) is 9.24. The second-order valence-electron chi connectivity index (χ2n) is 6.62. The Balaban J connectivity index is 1.68. The first-order valence-electron chi connectivity index (χ1n) is 8.64. The molecule has 0 atom stereocenters. The van der Waals surface area contributed by atoms with Gasteiger partial charge in [-0.25, -0.2) is 0 Å². The Morgan fingerprint density at radius 3 is 2.64 bits per heavy atom. The lowest BCUT2D eigenvalue weighted by Crippen LogP contribution is -2.36. The molecular weight excluding hydrogens is 290 g/mol. The van der Waals surface area contributed by atoms with Gasteiger partial charge in [0.2, 0.25) is 5.91 Å². The number of rotatable bonds is 8. The molecule has 0 unspecified atom stereocenters. The summed E-state index contributed by atoms with van der Waals surface area (Å²) in [5, 5.41) is 0. The molecule has 0 saturated carbocycles. The third kappa shape index (κ3) is 6.04. The number of thioether (sulfide) groups is 1. The molecular formula is C19H29NOS. The third-order valence-electron chi connectivity index (χ3n) is 4.20. The summed E-state index contributed by atoms with van der Waals surface area (Å²) in [5.74, 6) is 2.33. The molecule has 0 aliphatic carbocycles. The zero-order chi connectivity index (χ0) is 15.8. The van der Waals surface area contributed by atoms with Crippen LogP contribution in [0.3, 0.4) is 0 Å². The Labute approximate surface area is 139 Å². The Morgan fingerprint density at radius 2 is 1.95 bits per heavy atom. The fourth-order valence-corrected chi connectivity index (χ4v) is 3.89. The maximum absolute atomic E-state index is 11.8. The lowest BCUT2D eigenvalue weighted by molar-refractivity contribution is -0.133. The predicted molar refractivity (Wildman–Crippen MR) is 95.4 cm³/mol. The summed E-state index contributed by atoms with van der Waals surface area (Å²) in [7, 11) is 0. The van der Waals surface area contributed by atoms with Crippen LogP contribution in [0.1, 0.15) is 51.5 Å². The molecule has 0 aromatic heterocycles. The number of carbonyl (C=O) groups is 1. The number of benzene rings is 1. The zero-order valence-corrected chi connectivity index (χ0v) is 14.8. The molecule has 0 bridgehead atoms. The fourth-order valence-electron chi connectivity index (χ4n) is 2.74. The molecule has 0 radical (unpaired) electrons. The minimum atomic E-state index is 0.350. The Morgan fingerprint density at radius 1 is 1.18 bits per heavy atom. The van der Waals surface area contributed by atoms with Crippen LogP contribution in [0, 0.1) is 5.92 Å². The molecule has 0 N–H and O–H groups in total. The van der Waals surface area contributed by atoms with E-state index in [0.717, 1.165) is 44.7 Å². The molecule has 1 heterocycles. The Hall–Kier alpha value is -0.960. The van der Waals surface area contributed by atoms with Gasteiger partial charge in [-0.15, -0.1) is 11.8 Å². The van der Waals surface area contributed by atoms with Crippen molar-refractivity contribution in [3.8, 4) is 0 Å². The molecule has 3 heteroatoms. The number of hydrogen-bond donors (Lipinski definition) is 0. The molecule has 0 spiro atoms. The van der Waals surface area contributed by atoms with Crippen molar-refractivity contribution in [2.24, 2.45) is 5.92 Å². The van der Waals surface area contributed by atoms with Crippen LogP contribution in [0.2, 0.25) is 0 Å². The number of likely N-dealkylation sites (tertiary alicyclic amines) is 1. The number of piperidine rings is 1. The van der Waals surface area contributed by atoms with Gasteiger partial charge in [0, 0.05) is 24.4 Å². The first-order valence-corrected chi connectivity index (χ1v) is 9.63. The van der Waals surface area contributed by atoms with Crippen LogP contribution in [0.25, 0.3) is 0 Å². The lowest BCUT2D eigenvalue weighted by atomic mass is 10.1. The van der Waals surface area contributed by atoms with Crippen LogP contribution in [0.4, 0.5) is 0 Å². The summed E-state index contributed by atoms with van der Waals surface area (Å²) < 4.78 is 0. The molecule has 1 aliphatic heterocycles. The van der Waals surface area contributed by atoms with Crippen molar-refractivity contribution in [1.82, 2.24) is 4.90 Å². The summed E-state index contributed by atoms with van der Waals surface area (Å²) in [6.45, 7) is 6.43. The molecule has 2 nitrogen and oxygen atoms in total. The van der Waals surface area contributed by atoms with Gasteiger partial charge in [-0.2, -0.15) is 0 Å². The van der Waals surface area contributed by atoms with E-state index in [-0.39, 0.29) is 0 Å². The molecule has 1 saturated heterocycles. The van der Waals surface area contributed by atoms with E-state index < -0.39 is 0 Å². The van der Waals surface area contributed by atoms with Crippen molar-refractivity contribution < 1.29 is 4.79 Å². The standard InChI is InChI=1S/C19H29NOS/c1-16(2)12-15-22-18-10-8-17(9-11-18)6-5-14-20-13-4-3-7-19(20)21/h8-11,16H,3-7,12-15H2,1-2H3. The molecule has 1 aliphatic rings. The number of aryl methyl sites for hydroxylation is 1. The van der Waals surface area contributed by atoms with E-state index in [2.05, 4.69) is 38.1 Å². The quantitative estimate of drug-likeness (QED) is 0.643. The van der Waals surface area contributed by atoms with Crippen LogP contribution in [0.15, 0.2) is 29.2 Å². The number of carbonyl (C=O) groups excluding carboxylic acids is 1. The molecule has 1 aromatic carbocycles. The van der Waals surface area contributed by atoms with Gasteiger partial charge in [0.05, 0.1) is 0 Å². The van der Waals surface area contributed by atoms with Crippen LogP contribution in [-0.4, -0.2) is 29.6 Å². The van der Waals surface area contributed by atoms with Gasteiger partial charge in [-0.05, 0) is 61.5 Å². The number of amides is 1. The molecule has 1 aromatic rings. The smallest absolute Gasteiger partial charge is 0.222 e. The van der Waals surface area contributed by atoms with Gasteiger partial charge >= 0.3 is 0 Å². The normalized spacial score (nSPS) is 15.6. The minimum absolute atomic E-state index is 0.350. The van der Waals surface area contributed by atoms with E-state index in [9.17, 15) is 4.79 Å². The van der Waals surface area contributed by atoms with Crippen molar-refractivity contribution in [3.63, 3.8) is 0 Å². The Kier molecular flexibility index (Phi) is 7.31. The van der Waals surface area contributed by atoms with Crippen LogP contribution in [-0.2, 0) is 11.2 Å². The van der Waals surface area contributed by atoms with Gasteiger partial charge < -0.3 is 4.90 Å². The van der Waals surface area contributed by atoms with Crippen molar-refractivity contribution in [2.75, 3.05) is 18.8 Å². The maximum Gasteiger partial charge on any atom is 0.222 e. The maximum atomic E-state index is 11.8. The van der Waals surface area contributed by atoms with Crippen molar-refractivity contribution in [1.29, 1.82) is 0 Å². The third-order valence-corrected chi connectivity index (χ3v) is 5.25. The summed E-state index contributed by atoms with van der Waals surface area (Å²) in [5.41, 5.74) is 1.39. The van der Waals surface area contributed by atoms with Gasteiger partial charge in [-0.3, -0.25) is 4.79 Å². The highest BCUT2D eigenvalue weighted by Crippen LogP contribution is 2.21. The SMILES string of the molecule is CC(C)CCSc1ccc(CCCN2CCCCC2=O)cc1. The Bertz CT molecular complexity index is 455. The highest BCUT2D eigenvalue weighted by Gasteiger charge is 2.16. The van der Waals surface area contributed by atoms with Crippen molar-refractivity contribution >= 4 is 17.7 Å². The van der Waals surface area contributed by atoms with Gasteiger partial charge in [0.25, 0.3) is 0 Å². The summed E-state index contributed by atoms with van der Waals surface area (Å²) in [6, 6.07) is 8.98. The van der Waals surface area contributed by atoms with Crippen LogP contribution in [0.5, 0.6) is 0 Å². The highest BCUT2D eigenvalue weighted by atomic mass is 32.2. The molecule has 22 heavy (non-hydrogen) atoms. The summed E-state index contributed by atoms with van der Waals surface area (Å²) in [4.78, 5) is 15.2. The molecule has 2 rings (SSSR count). The second-order valence-corrected chi connectivity index (χ2v) is 7.78. The predicted octanol–water partition coefficient (Wildman–Crippen LogP) is 4.77. The van der Waals surface area contributed by atoms with Gasteiger partial charge in [0.15, 0.2) is 0 Å². The van der Waals surface area contributed by atoms with E-state index in [0.29, 0.717) is 5.91 Å². The van der Waals surface area contributed by atoms with E-state index in [1.54, 1.807) is 0 Å². The molecule has 1 amide bonds. The first kappa shape index (κ1) is 17.4. The fraction of sp³-hybridized carbons (Fsp3) is 0.632. The lowest BCUT2D eigenvalue weighted by Gasteiger charge is -2.26. The van der Waals surface area contributed by atoms with E-state index in [1.807, 2.05) is 16.7 Å². The van der Waals surface area contributed by atoms with Crippen LogP contribution >= 0.6 is 11.8 Å².